The van der Waals surface area contributed by atoms with Gasteiger partial charge in [0.2, 0.25) is 0 Å². The molecule has 2 aliphatic rings. The van der Waals surface area contributed by atoms with Gasteiger partial charge in [0.15, 0.2) is 11.6 Å². The van der Waals surface area contributed by atoms with Crippen LogP contribution in [0.3, 0.4) is 0 Å². The minimum absolute atomic E-state index is 0.143. The molecular weight excluding hydrogens is 779 g/mol. The molecule has 0 aliphatic carbocycles. The summed E-state index contributed by atoms with van der Waals surface area (Å²) in [5.41, 5.74) is 3.72. The molecule has 62 heavy (non-hydrogen) atoms. The standard InChI is InChI=1S/C49H53N9O4/c1-32-30-55(23-25-57(32)47(60)62-49(5,6)7)44-41-28-34(19-22-39(41)43(51-53-44)36-20-17-33(29-50)18-21-36)27-37-31-56(46(59)61-48(2,3)4)24-26-58(37)45-40-16-12-11-15-38(40)42(52-54-45)35-13-9-8-10-14-35/h8-22,28,32,37H,23-27,30-31H2,1-7H3. The van der Waals surface area contributed by atoms with Crippen LogP contribution in [0.4, 0.5) is 21.2 Å². The lowest BCUT2D eigenvalue weighted by molar-refractivity contribution is 0.0157. The van der Waals surface area contributed by atoms with Crippen molar-refractivity contribution in [1.29, 1.82) is 5.26 Å². The summed E-state index contributed by atoms with van der Waals surface area (Å²) in [5.74, 6) is 1.49. The van der Waals surface area contributed by atoms with E-state index in [4.69, 9.17) is 29.9 Å². The highest BCUT2D eigenvalue weighted by Crippen LogP contribution is 2.37. The van der Waals surface area contributed by atoms with E-state index in [1.54, 1.807) is 21.9 Å². The fourth-order valence-electron chi connectivity index (χ4n) is 8.39. The zero-order valence-corrected chi connectivity index (χ0v) is 36.5. The molecule has 6 aromatic rings. The molecule has 0 spiro atoms. The highest BCUT2D eigenvalue weighted by molar-refractivity contribution is 6.02. The molecule has 4 heterocycles. The SMILES string of the molecule is CC1CN(c2nnc(-c3ccc(C#N)cc3)c3ccc(CC4CN(C(=O)OC(C)(C)C)CCN4c4nnc(-c5ccccc5)c5ccccc45)cc23)CCN1C(=O)OC(C)(C)C. The minimum Gasteiger partial charge on any atom is -0.444 e. The van der Waals surface area contributed by atoms with Crippen LogP contribution in [0.5, 0.6) is 0 Å². The molecule has 8 rings (SSSR count). The van der Waals surface area contributed by atoms with Crippen LogP contribution in [0.1, 0.15) is 59.6 Å². The summed E-state index contributed by atoms with van der Waals surface area (Å²) in [5, 5.41) is 32.7. The van der Waals surface area contributed by atoms with Crippen molar-refractivity contribution in [3.8, 4) is 28.6 Å². The van der Waals surface area contributed by atoms with Gasteiger partial charge in [-0.25, -0.2) is 9.59 Å². The number of aromatic nitrogens is 4. The monoisotopic (exact) mass is 831 g/mol. The van der Waals surface area contributed by atoms with E-state index in [1.165, 1.54) is 0 Å². The van der Waals surface area contributed by atoms with Crippen LogP contribution in [0.25, 0.3) is 44.1 Å². The normalized spacial score (nSPS) is 17.3. The Labute approximate surface area is 362 Å². The molecule has 0 saturated carbocycles. The van der Waals surface area contributed by atoms with Gasteiger partial charge in [-0.15, -0.1) is 20.4 Å². The predicted molar refractivity (Wildman–Crippen MR) is 242 cm³/mol. The number of nitrogens with zero attached hydrogens (tertiary/aromatic N) is 9. The lowest BCUT2D eigenvalue weighted by atomic mass is 9.96. The molecule has 2 unspecified atom stereocenters. The van der Waals surface area contributed by atoms with Crippen molar-refractivity contribution in [2.45, 2.75) is 78.2 Å². The number of ether oxygens (including phenoxy) is 2. The summed E-state index contributed by atoms with van der Waals surface area (Å²) in [4.78, 5) is 34.9. The average Bonchev–Trinajstić information content (AvgIpc) is 3.24. The van der Waals surface area contributed by atoms with Crippen molar-refractivity contribution in [3.63, 3.8) is 0 Å². The van der Waals surface area contributed by atoms with Gasteiger partial charge >= 0.3 is 12.2 Å². The molecule has 2 aromatic heterocycles. The molecule has 0 N–H and O–H groups in total. The van der Waals surface area contributed by atoms with E-state index in [1.807, 2.05) is 103 Å². The molecule has 2 fully saturated rings. The number of piperazine rings is 2. The van der Waals surface area contributed by atoms with Gasteiger partial charge in [-0.05, 0) is 78.6 Å². The van der Waals surface area contributed by atoms with Gasteiger partial charge in [-0.3, -0.25) is 0 Å². The molecule has 2 aliphatic heterocycles. The van der Waals surface area contributed by atoms with Gasteiger partial charge in [0, 0.05) is 78.0 Å². The maximum Gasteiger partial charge on any atom is 0.410 e. The van der Waals surface area contributed by atoms with Gasteiger partial charge in [-0.1, -0.05) is 78.9 Å². The van der Waals surface area contributed by atoms with E-state index < -0.39 is 11.2 Å². The first-order valence-corrected chi connectivity index (χ1v) is 21.3. The molecule has 2 atom stereocenters. The maximum atomic E-state index is 13.6. The van der Waals surface area contributed by atoms with Gasteiger partial charge < -0.3 is 29.1 Å². The quantitative estimate of drug-likeness (QED) is 0.159. The number of nitriles is 1. The second-order valence-corrected chi connectivity index (χ2v) is 18.2. The summed E-state index contributed by atoms with van der Waals surface area (Å²) in [6.07, 6.45) is -0.105. The Morgan fingerprint density at radius 3 is 1.94 bits per heavy atom. The van der Waals surface area contributed by atoms with Crippen molar-refractivity contribution < 1.29 is 19.1 Å². The summed E-state index contributed by atoms with van der Waals surface area (Å²) in [6, 6.07) is 34.0. The third-order valence-corrected chi connectivity index (χ3v) is 11.3. The van der Waals surface area contributed by atoms with Crippen LogP contribution >= 0.6 is 0 Å². The topological polar surface area (TPSA) is 141 Å². The molecule has 4 aromatic carbocycles. The molecule has 13 nitrogen and oxygen atoms in total. The fraction of sp³-hybridized carbons (Fsp3) is 0.367. The Hall–Kier alpha value is -6.81. The zero-order chi connectivity index (χ0) is 43.8. The smallest absolute Gasteiger partial charge is 0.410 e. The Morgan fingerprint density at radius 2 is 1.27 bits per heavy atom. The van der Waals surface area contributed by atoms with E-state index in [0.717, 1.165) is 55.6 Å². The number of benzene rings is 4. The molecule has 2 amide bonds. The molecule has 13 heteroatoms. The number of carbonyl (C=O) groups is 2. The van der Waals surface area contributed by atoms with E-state index in [2.05, 4.69) is 46.2 Å². The number of hydrogen-bond acceptors (Lipinski definition) is 11. The van der Waals surface area contributed by atoms with Crippen LogP contribution in [0, 0.1) is 11.3 Å². The second kappa shape index (κ2) is 16.9. The minimum atomic E-state index is -0.642. The van der Waals surface area contributed by atoms with Crippen LogP contribution in [-0.2, 0) is 15.9 Å². The maximum absolute atomic E-state index is 13.6. The summed E-state index contributed by atoms with van der Waals surface area (Å²) in [6.45, 7) is 16.2. The first-order valence-electron chi connectivity index (χ1n) is 21.3. The van der Waals surface area contributed by atoms with Crippen LogP contribution in [0.15, 0.2) is 97.1 Å². The van der Waals surface area contributed by atoms with E-state index >= 15 is 0 Å². The van der Waals surface area contributed by atoms with Crippen molar-refractivity contribution in [1.82, 2.24) is 30.2 Å². The Kier molecular flexibility index (Phi) is 11.4. The summed E-state index contributed by atoms with van der Waals surface area (Å²) in [7, 11) is 0. The molecular formula is C49H53N9O4. The first-order chi connectivity index (χ1) is 29.7. The predicted octanol–water partition coefficient (Wildman–Crippen LogP) is 8.89. The van der Waals surface area contributed by atoms with Crippen molar-refractivity contribution in [2.24, 2.45) is 0 Å². The molecule has 0 bridgehead atoms. The number of anilines is 2. The highest BCUT2D eigenvalue weighted by Gasteiger charge is 2.35. The van der Waals surface area contributed by atoms with Crippen molar-refractivity contribution >= 4 is 45.4 Å². The van der Waals surface area contributed by atoms with Crippen molar-refractivity contribution in [2.75, 3.05) is 49.1 Å². The van der Waals surface area contributed by atoms with Gasteiger partial charge in [-0.2, -0.15) is 5.26 Å². The Morgan fingerprint density at radius 1 is 0.661 bits per heavy atom. The molecule has 2 saturated heterocycles. The number of hydrogen-bond donors (Lipinski definition) is 0. The van der Waals surface area contributed by atoms with E-state index in [0.29, 0.717) is 56.9 Å². The van der Waals surface area contributed by atoms with Gasteiger partial charge in [0.25, 0.3) is 0 Å². The van der Waals surface area contributed by atoms with E-state index in [-0.39, 0.29) is 24.3 Å². The van der Waals surface area contributed by atoms with Crippen LogP contribution in [-0.4, -0.2) is 105 Å². The summed E-state index contributed by atoms with van der Waals surface area (Å²) < 4.78 is 11.6. The number of carbonyl (C=O) groups excluding carboxylic acids is 2. The fourth-order valence-corrected chi connectivity index (χ4v) is 8.39. The van der Waals surface area contributed by atoms with Gasteiger partial charge in [0.1, 0.15) is 22.6 Å². The van der Waals surface area contributed by atoms with Crippen LogP contribution in [0.2, 0.25) is 0 Å². The lowest BCUT2D eigenvalue weighted by Gasteiger charge is -2.42. The number of fused-ring (bicyclic) bond motifs is 2. The number of rotatable bonds is 6. The first kappa shape index (κ1) is 41.9. The third kappa shape index (κ3) is 8.96. The lowest BCUT2D eigenvalue weighted by Crippen LogP contribution is -2.56. The second-order valence-electron chi connectivity index (χ2n) is 18.2. The Balaban J connectivity index is 1.19. The van der Waals surface area contributed by atoms with Gasteiger partial charge in [0.05, 0.1) is 17.7 Å². The van der Waals surface area contributed by atoms with E-state index in [9.17, 15) is 14.9 Å². The van der Waals surface area contributed by atoms with Crippen molar-refractivity contribution in [3.05, 3.63) is 108 Å². The average molecular weight is 832 g/mol. The molecule has 318 valence electrons. The summed E-state index contributed by atoms with van der Waals surface area (Å²) >= 11 is 0. The molecule has 0 radical (unpaired) electrons. The number of amides is 2. The largest absolute Gasteiger partial charge is 0.444 e. The Bertz CT molecular complexity index is 2650. The van der Waals surface area contributed by atoms with Crippen LogP contribution < -0.4 is 9.80 Å². The zero-order valence-electron chi connectivity index (χ0n) is 36.5. The highest BCUT2D eigenvalue weighted by atomic mass is 16.6. The third-order valence-electron chi connectivity index (χ3n) is 11.3.